The minimum absolute atomic E-state index is 0.0559. The van der Waals surface area contributed by atoms with Crippen molar-refractivity contribution in [3.63, 3.8) is 0 Å². The second kappa shape index (κ2) is 8.88. The highest BCUT2D eigenvalue weighted by Gasteiger charge is 2.13. The molecular formula is C22H23N3OS. The Morgan fingerprint density at radius 1 is 1.19 bits per heavy atom. The van der Waals surface area contributed by atoms with Crippen LogP contribution in [-0.4, -0.2) is 15.3 Å². The molecule has 0 aliphatic carbocycles. The lowest BCUT2D eigenvalue weighted by atomic mass is 9.98. The maximum Gasteiger partial charge on any atom is 0.266 e. The van der Waals surface area contributed by atoms with Crippen LogP contribution in [0, 0.1) is 11.3 Å². The van der Waals surface area contributed by atoms with Gasteiger partial charge in [0.2, 0.25) is 0 Å². The van der Waals surface area contributed by atoms with Crippen molar-refractivity contribution in [2.24, 2.45) is 0 Å². The van der Waals surface area contributed by atoms with E-state index in [1.54, 1.807) is 4.57 Å². The maximum atomic E-state index is 13.2. The van der Waals surface area contributed by atoms with Gasteiger partial charge >= 0.3 is 0 Å². The molecule has 0 bridgehead atoms. The minimum Gasteiger partial charge on any atom is -0.268 e. The van der Waals surface area contributed by atoms with Gasteiger partial charge < -0.3 is 0 Å². The molecule has 3 rings (SSSR count). The van der Waals surface area contributed by atoms with Crippen LogP contribution in [0.5, 0.6) is 0 Å². The summed E-state index contributed by atoms with van der Waals surface area (Å²) in [5, 5.41) is 10.0. The van der Waals surface area contributed by atoms with Crippen LogP contribution in [0.15, 0.2) is 58.5 Å². The predicted molar refractivity (Wildman–Crippen MR) is 112 cm³/mol. The highest BCUT2D eigenvalue weighted by molar-refractivity contribution is 7.99. The number of hydrogen-bond acceptors (Lipinski definition) is 4. The van der Waals surface area contributed by atoms with Crippen molar-refractivity contribution in [1.82, 2.24) is 9.55 Å². The molecule has 0 unspecified atom stereocenters. The van der Waals surface area contributed by atoms with Gasteiger partial charge in [-0.25, -0.2) is 4.98 Å². The first kappa shape index (κ1) is 19.2. The van der Waals surface area contributed by atoms with Gasteiger partial charge in [0.05, 0.1) is 22.7 Å². The summed E-state index contributed by atoms with van der Waals surface area (Å²) in [4.78, 5) is 17.9. The summed E-state index contributed by atoms with van der Waals surface area (Å²) in [5.41, 5.74) is 2.75. The zero-order valence-electron chi connectivity index (χ0n) is 15.7. The van der Waals surface area contributed by atoms with Crippen molar-refractivity contribution in [2.45, 2.75) is 44.2 Å². The van der Waals surface area contributed by atoms with Crippen LogP contribution in [0.4, 0.5) is 0 Å². The second-order valence-corrected chi connectivity index (χ2v) is 7.63. The third-order valence-electron chi connectivity index (χ3n) is 4.74. The van der Waals surface area contributed by atoms with Crippen molar-refractivity contribution in [1.29, 1.82) is 5.26 Å². The van der Waals surface area contributed by atoms with Gasteiger partial charge in [-0.3, -0.25) is 9.36 Å². The molecule has 0 fully saturated rings. The van der Waals surface area contributed by atoms with Crippen molar-refractivity contribution < 1.29 is 0 Å². The van der Waals surface area contributed by atoms with Gasteiger partial charge in [-0.05, 0) is 48.6 Å². The minimum atomic E-state index is -0.0559. The molecule has 0 aliphatic rings. The second-order valence-electron chi connectivity index (χ2n) is 6.56. The quantitative estimate of drug-likeness (QED) is 0.319. The van der Waals surface area contributed by atoms with Gasteiger partial charge in [-0.1, -0.05) is 49.9 Å². The molecule has 5 heteroatoms. The Kier molecular flexibility index (Phi) is 6.31. The van der Waals surface area contributed by atoms with Gasteiger partial charge in [-0.15, -0.1) is 0 Å². The topological polar surface area (TPSA) is 58.7 Å². The zero-order valence-corrected chi connectivity index (χ0v) is 16.5. The van der Waals surface area contributed by atoms with Crippen molar-refractivity contribution >= 4 is 22.7 Å². The number of rotatable bonds is 7. The van der Waals surface area contributed by atoms with E-state index in [1.807, 2.05) is 36.4 Å². The number of nitriles is 1. The van der Waals surface area contributed by atoms with Gasteiger partial charge in [0.15, 0.2) is 5.16 Å². The van der Waals surface area contributed by atoms with Gasteiger partial charge in [-0.2, -0.15) is 5.26 Å². The Hall–Kier alpha value is -2.58. The molecular weight excluding hydrogens is 354 g/mol. The molecule has 27 heavy (non-hydrogen) atoms. The molecule has 4 nitrogen and oxygen atoms in total. The molecule has 1 atom stereocenters. The lowest BCUT2D eigenvalue weighted by Gasteiger charge is -2.15. The molecule has 0 saturated carbocycles. The van der Waals surface area contributed by atoms with E-state index >= 15 is 0 Å². The van der Waals surface area contributed by atoms with Crippen LogP contribution in [0.3, 0.4) is 0 Å². The molecule has 3 aromatic rings. The van der Waals surface area contributed by atoms with Gasteiger partial charge in [0, 0.05) is 12.2 Å². The molecule has 2 aromatic carbocycles. The Morgan fingerprint density at radius 2 is 1.93 bits per heavy atom. The SMILES string of the molecule is CC[C@H](C)c1ccc(-n2c(SCCCC#N)nc3ccccc3c2=O)cc1. The Labute approximate surface area is 163 Å². The van der Waals surface area contributed by atoms with Crippen molar-refractivity contribution in [3.05, 3.63) is 64.4 Å². The summed E-state index contributed by atoms with van der Waals surface area (Å²) in [7, 11) is 0. The summed E-state index contributed by atoms with van der Waals surface area (Å²) < 4.78 is 1.69. The number of aromatic nitrogens is 2. The van der Waals surface area contributed by atoms with Crippen LogP contribution in [0.2, 0.25) is 0 Å². The summed E-state index contributed by atoms with van der Waals surface area (Å²) in [6.07, 6.45) is 2.36. The van der Waals surface area contributed by atoms with Gasteiger partial charge in [0.25, 0.3) is 5.56 Å². The lowest BCUT2D eigenvalue weighted by Crippen LogP contribution is -2.21. The number of nitrogens with zero attached hydrogens (tertiary/aromatic N) is 3. The summed E-state index contributed by atoms with van der Waals surface area (Å²) in [6.45, 7) is 4.38. The van der Waals surface area contributed by atoms with E-state index in [-0.39, 0.29) is 5.56 Å². The predicted octanol–water partition coefficient (Wildman–Crippen LogP) is 5.30. The number of benzene rings is 2. The Morgan fingerprint density at radius 3 is 2.63 bits per heavy atom. The number of fused-ring (bicyclic) bond motifs is 1. The van der Waals surface area contributed by atoms with Crippen LogP contribution in [0.1, 0.15) is 44.6 Å². The number of hydrogen-bond donors (Lipinski definition) is 0. The third-order valence-corrected chi connectivity index (χ3v) is 5.77. The Bertz CT molecular complexity index is 1020. The normalized spacial score (nSPS) is 12.0. The molecule has 0 N–H and O–H groups in total. The van der Waals surface area contributed by atoms with Crippen LogP contribution < -0.4 is 5.56 Å². The molecule has 1 heterocycles. The first-order valence-corrected chi connectivity index (χ1v) is 10.3. The van der Waals surface area contributed by atoms with Crippen molar-refractivity contribution in [3.8, 4) is 11.8 Å². The van der Waals surface area contributed by atoms with Crippen LogP contribution in [-0.2, 0) is 0 Å². The summed E-state index contributed by atoms with van der Waals surface area (Å²) >= 11 is 1.53. The number of unbranched alkanes of at least 4 members (excludes halogenated alkanes) is 1. The first-order valence-electron chi connectivity index (χ1n) is 9.27. The standard InChI is InChI=1S/C22H23N3OS/c1-3-16(2)17-10-12-18(13-11-17)25-21(26)19-8-4-5-9-20(19)24-22(25)27-15-7-6-14-23/h4-5,8-13,16H,3,6-7,15H2,1-2H3/t16-/m0/s1. The average molecular weight is 378 g/mol. The lowest BCUT2D eigenvalue weighted by molar-refractivity contribution is 0.732. The highest BCUT2D eigenvalue weighted by atomic mass is 32.2. The molecule has 138 valence electrons. The molecule has 0 aliphatic heterocycles. The number of para-hydroxylation sites is 1. The van der Waals surface area contributed by atoms with E-state index in [0.29, 0.717) is 28.4 Å². The fraction of sp³-hybridized carbons (Fsp3) is 0.318. The molecule has 1 aromatic heterocycles. The third kappa shape index (κ3) is 4.23. The van der Waals surface area contributed by atoms with Crippen molar-refractivity contribution in [2.75, 3.05) is 5.75 Å². The first-order chi connectivity index (χ1) is 13.2. The van der Waals surface area contributed by atoms with E-state index in [1.165, 1.54) is 17.3 Å². The highest BCUT2D eigenvalue weighted by Crippen LogP contribution is 2.24. The summed E-state index contributed by atoms with van der Waals surface area (Å²) in [5.74, 6) is 1.24. The number of thioether (sulfide) groups is 1. The monoisotopic (exact) mass is 377 g/mol. The fourth-order valence-electron chi connectivity index (χ4n) is 2.94. The Balaban J connectivity index is 2.07. The fourth-order valence-corrected chi connectivity index (χ4v) is 3.89. The molecule has 0 radical (unpaired) electrons. The molecule has 0 saturated heterocycles. The average Bonchev–Trinajstić information content (AvgIpc) is 2.71. The van der Waals surface area contributed by atoms with E-state index in [2.05, 4.69) is 32.0 Å². The van der Waals surface area contributed by atoms with E-state index in [9.17, 15) is 4.79 Å². The van der Waals surface area contributed by atoms with E-state index < -0.39 is 0 Å². The zero-order chi connectivity index (χ0) is 19.2. The van der Waals surface area contributed by atoms with E-state index in [4.69, 9.17) is 10.2 Å². The smallest absolute Gasteiger partial charge is 0.266 e. The van der Waals surface area contributed by atoms with Gasteiger partial charge in [0.1, 0.15) is 0 Å². The molecule has 0 amide bonds. The van der Waals surface area contributed by atoms with E-state index in [0.717, 1.165) is 24.3 Å². The molecule has 0 spiro atoms. The van der Waals surface area contributed by atoms with Crippen LogP contribution in [0.25, 0.3) is 16.6 Å². The summed E-state index contributed by atoms with van der Waals surface area (Å²) in [6, 6.07) is 17.8. The largest absolute Gasteiger partial charge is 0.268 e. The maximum absolute atomic E-state index is 13.2. The van der Waals surface area contributed by atoms with Crippen LogP contribution >= 0.6 is 11.8 Å².